The molecule has 0 spiro atoms. The van der Waals surface area contributed by atoms with E-state index in [0.717, 1.165) is 30.3 Å². The maximum atomic E-state index is 13.6. The summed E-state index contributed by atoms with van der Waals surface area (Å²) in [7, 11) is 1.27. The van der Waals surface area contributed by atoms with E-state index < -0.39 is 46.7 Å². The van der Waals surface area contributed by atoms with Gasteiger partial charge >= 0.3 is 0 Å². The molecule has 0 radical (unpaired) electrons. The van der Waals surface area contributed by atoms with Gasteiger partial charge in [0.1, 0.15) is 17.7 Å². The molecule has 0 aliphatic rings. The summed E-state index contributed by atoms with van der Waals surface area (Å²) in [4.78, 5) is 24.0. The van der Waals surface area contributed by atoms with Crippen LogP contribution in [0.3, 0.4) is 0 Å². The molecule has 2 rings (SSSR count). The Kier molecular flexibility index (Phi) is 5.18. The quantitative estimate of drug-likeness (QED) is 0.840. The average Bonchev–Trinajstić information content (AvgIpc) is 2.56. The molecule has 8 heteroatoms. The van der Waals surface area contributed by atoms with Crippen LogP contribution in [0.2, 0.25) is 0 Å². The van der Waals surface area contributed by atoms with Crippen molar-refractivity contribution in [2.75, 3.05) is 7.05 Å². The minimum atomic E-state index is -1.42. The highest BCUT2D eigenvalue weighted by Gasteiger charge is 2.25. The Morgan fingerprint density at radius 2 is 1.58 bits per heavy atom. The average molecular weight is 340 g/mol. The van der Waals surface area contributed by atoms with Crippen molar-refractivity contribution in [3.05, 3.63) is 70.8 Å². The van der Waals surface area contributed by atoms with E-state index in [-0.39, 0.29) is 5.56 Å². The third-order valence-electron chi connectivity index (χ3n) is 3.23. The van der Waals surface area contributed by atoms with E-state index in [1.165, 1.54) is 7.05 Å². The second-order valence-electron chi connectivity index (χ2n) is 4.82. The lowest BCUT2D eigenvalue weighted by Gasteiger charge is -2.18. The number of hydrogen-bond acceptors (Lipinski definition) is 2. The van der Waals surface area contributed by atoms with Gasteiger partial charge in [-0.3, -0.25) is 9.59 Å². The van der Waals surface area contributed by atoms with Gasteiger partial charge in [0.05, 0.1) is 5.56 Å². The zero-order valence-corrected chi connectivity index (χ0v) is 12.4. The van der Waals surface area contributed by atoms with E-state index in [1.807, 2.05) is 0 Å². The fourth-order valence-electron chi connectivity index (χ4n) is 2.02. The molecule has 0 saturated heterocycles. The summed E-state index contributed by atoms with van der Waals surface area (Å²) >= 11 is 0. The highest BCUT2D eigenvalue weighted by molar-refractivity contribution is 5.98. The van der Waals surface area contributed by atoms with Gasteiger partial charge < -0.3 is 10.6 Å². The van der Waals surface area contributed by atoms with E-state index in [1.54, 1.807) is 0 Å². The van der Waals surface area contributed by atoms with Crippen LogP contribution < -0.4 is 10.6 Å². The molecule has 0 fully saturated rings. The smallest absolute Gasteiger partial charge is 0.255 e. The van der Waals surface area contributed by atoms with Crippen LogP contribution in [-0.2, 0) is 4.79 Å². The Morgan fingerprint density at radius 3 is 2.21 bits per heavy atom. The standard InChI is InChI=1S/C16H12F4N2O2/c1-21-16(24)14(8-2-4-12(19)13(20)6-8)22-15(23)10-7-9(17)3-5-11(10)18/h2-7,14H,1H3,(H,21,24)(H,22,23). The lowest BCUT2D eigenvalue weighted by atomic mass is 10.0. The topological polar surface area (TPSA) is 58.2 Å². The Bertz CT molecular complexity index is 796. The fourth-order valence-corrected chi connectivity index (χ4v) is 2.02. The monoisotopic (exact) mass is 340 g/mol. The number of likely N-dealkylation sites (N-methyl/N-ethyl adjacent to an activating group) is 1. The van der Waals surface area contributed by atoms with Crippen molar-refractivity contribution in [2.45, 2.75) is 6.04 Å². The zero-order valence-electron chi connectivity index (χ0n) is 12.4. The maximum absolute atomic E-state index is 13.6. The van der Waals surface area contributed by atoms with Crippen LogP contribution in [0.15, 0.2) is 36.4 Å². The predicted molar refractivity (Wildman–Crippen MR) is 77.0 cm³/mol. The Morgan fingerprint density at radius 1 is 0.917 bits per heavy atom. The lowest BCUT2D eigenvalue weighted by molar-refractivity contribution is -0.122. The van der Waals surface area contributed by atoms with Gasteiger partial charge in [0.15, 0.2) is 11.6 Å². The van der Waals surface area contributed by atoms with Gasteiger partial charge in [-0.05, 0) is 35.9 Å². The molecule has 24 heavy (non-hydrogen) atoms. The van der Waals surface area contributed by atoms with Gasteiger partial charge in [0.25, 0.3) is 5.91 Å². The van der Waals surface area contributed by atoms with E-state index in [9.17, 15) is 27.2 Å². The number of carbonyl (C=O) groups is 2. The Labute approximate surface area is 134 Å². The van der Waals surface area contributed by atoms with Gasteiger partial charge in [-0.2, -0.15) is 0 Å². The van der Waals surface area contributed by atoms with Crippen LogP contribution in [0.25, 0.3) is 0 Å². The molecular formula is C16H12F4N2O2. The Hall–Kier alpha value is -2.90. The maximum Gasteiger partial charge on any atom is 0.255 e. The van der Waals surface area contributed by atoms with Crippen molar-refractivity contribution in [3.8, 4) is 0 Å². The third-order valence-corrected chi connectivity index (χ3v) is 3.23. The number of amides is 2. The summed E-state index contributed by atoms with van der Waals surface area (Å²) in [5, 5.41) is 4.41. The van der Waals surface area contributed by atoms with Crippen LogP contribution in [0.1, 0.15) is 22.0 Å². The molecule has 1 unspecified atom stereocenters. The third kappa shape index (κ3) is 3.70. The molecule has 126 valence electrons. The number of benzene rings is 2. The molecule has 0 heterocycles. The molecule has 2 aromatic carbocycles. The molecule has 1 atom stereocenters. The first-order valence-corrected chi connectivity index (χ1v) is 6.76. The first-order chi connectivity index (χ1) is 11.3. The number of halogens is 4. The zero-order chi connectivity index (χ0) is 17.9. The molecule has 0 aromatic heterocycles. The van der Waals surface area contributed by atoms with Crippen LogP contribution in [0, 0.1) is 23.3 Å². The summed E-state index contributed by atoms with van der Waals surface area (Å²) in [6.45, 7) is 0. The van der Waals surface area contributed by atoms with Gasteiger partial charge in [0.2, 0.25) is 5.91 Å². The van der Waals surface area contributed by atoms with Crippen LogP contribution in [-0.4, -0.2) is 18.9 Å². The molecular weight excluding hydrogens is 328 g/mol. The molecule has 0 aliphatic carbocycles. The van der Waals surface area contributed by atoms with E-state index in [0.29, 0.717) is 6.07 Å². The van der Waals surface area contributed by atoms with Crippen molar-refractivity contribution in [2.24, 2.45) is 0 Å². The summed E-state index contributed by atoms with van der Waals surface area (Å²) in [6, 6.07) is 3.46. The summed E-state index contributed by atoms with van der Waals surface area (Å²) in [5.74, 6) is -6.00. The van der Waals surface area contributed by atoms with Crippen molar-refractivity contribution < 1.29 is 27.2 Å². The van der Waals surface area contributed by atoms with Gasteiger partial charge in [-0.15, -0.1) is 0 Å². The normalized spacial score (nSPS) is 11.7. The first kappa shape index (κ1) is 17.5. The highest BCUT2D eigenvalue weighted by atomic mass is 19.2. The predicted octanol–water partition coefficient (Wildman–Crippen LogP) is 2.46. The van der Waals surface area contributed by atoms with E-state index in [4.69, 9.17) is 0 Å². The summed E-state index contributed by atoms with van der Waals surface area (Å²) < 4.78 is 53.2. The van der Waals surface area contributed by atoms with E-state index >= 15 is 0 Å². The first-order valence-electron chi connectivity index (χ1n) is 6.76. The molecule has 2 N–H and O–H groups in total. The van der Waals surface area contributed by atoms with Crippen LogP contribution >= 0.6 is 0 Å². The largest absolute Gasteiger partial charge is 0.357 e. The number of nitrogens with one attached hydrogen (secondary N) is 2. The molecule has 2 aromatic rings. The van der Waals surface area contributed by atoms with Crippen molar-refractivity contribution in [1.29, 1.82) is 0 Å². The minimum absolute atomic E-state index is 0.0570. The number of carbonyl (C=O) groups excluding carboxylic acids is 2. The van der Waals surface area contributed by atoms with E-state index in [2.05, 4.69) is 10.6 Å². The second kappa shape index (κ2) is 7.12. The summed E-state index contributed by atoms with van der Waals surface area (Å²) in [6.07, 6.45) is 0. The minimum Gasteiger partial charge on any atom is -0.357 e. The molecule has 0 bridgehead atoms. The molecule has 4 nitrogen and oxygen atoms in total. The summed E-state index contributed by atoms with van der Waals surface area (Å²) in [5.41, 5.74) is -0.676. The van der Waals surface area contributed by atoms with Gasteiger partial charge in [-0.25, -0.2) is 17.6 Å². The molecule has 0 saturated carbocycles. The number of hydrogen-bond donors (Lipinski definition) is 2. The SMILES string of the molecule is CNC(=O)C(NC(=O)c1cc(F)ccc1F)c1ccc(F)c(F)c1. The fraction of sp³-hybridized carbons (Fsp3) is 0.125. The lowest BCUT2D eigenvalue weighted by Crippen LogP contribution is -2.39. The van der Waals surface area contributed by atoms with Crippen LogP contribution in [0.5, 0.6) is 0 Å². The highest BCUT2D eigenvalue weighted by Crippen LogP contribution is 2.18. The second-order valence-corrected chi connectivity index (χ2v) is 4.82. The van der Waals surface area contributed by atoms with Crippen molar-refractivity contribution in [3.63, 3.8) is 0 Å². The number of rotatable bonds is 4. The van der Waals surface area contributed by atoms with Crippen molar-refractivity contribution in [1.82, 2.24) is 10.6 Å². The van der Waals surface area contributed by atoms with Gasteiger partial charge in [-0.1, -0.05) is 6.07 Å². The van der Waals surface area contributed by atoms with Crippen LogP contribution in [0.4, 0.5) is 17.6 Å². The van der Waals surface area contributed by atoms with Crippen molar-refractivity contribution >= 4 is 11.8 Å². The molecule has 2 amide bonds. The molecule has 0 aliphatic heterocycles. The Balaban J connectivity index is 2.35. The van der Waals surface area contributed by atoms with Gasteiger partial charge in [0, 0.05) is 7.05 Å².